The van der Waals surface area contributed by atoms with Crippen LogP contribution in [0.15, 0.2) is 22.7 Å². The summed E-state index contributed by atoms with van der Waals surface area (Å²) in [5.74, 6) is -1.98. The number of carboxylic acid groups (broad SMARTS) is 1. The number of rotatable bonds is 3. The Morgan fingerprint density at radius 3 is 2.82 bits per heavy atom. The zero-order valence-corrected chi connectivity index (χ0v) is 11.7. The number of benzene rings is 1. The number of amides is 1. The molecule has 1 unspecified atom stereocenters. The van der Waals surface area contributed by atoms with Crippen LogP contribution in [0.4, 0.5) is 4.39 Å². The molecule has 0 saturated heterocycles. The number of hydrogen-bond donors (Lipinski definition) is 2. The molecule has 2 aromatic rings. The molecule has 1 aliphatic rings. The lowest BCUT2D eigenvalue weighted by Crippen LogP contribution is -2.27. The van der Waals surface area contributed by atoms with Crippen LogP contribution in [0.5, 0.6) is 0 Å². The van der Waals surface area contributed by atoms with Gasteiger partial charge in [0.1, 0.15) is 11.6 Å². The molecule has 2 N–H and O–H groups in total. The van der Waals surface area contributed by atoms with E-state index in [9.17, 15) is 14.0 Å². The van der Waals surface area contributed by atoms with Crippen molar-refractivity contribution in [1.82, 2.24) is 10.5 Å². The minimum Gasteiger partial charge on any atom is -0.478 e. The highest BCUT2D eigenvalue weighted by Gasteiger charge is 2.28. The second-order valence-corrected chi connectivity index (χ2v) is 5.22. The Kier molecular flexibility index (Phi) is 3.40. The van der Waals surface area contributed by atoms with Crippen molar-refractivity contribution in [3.8, 4) is 0 Å². The molecule has 6 nitrogen and oxygen atoms in total. The van der Waals surface area contributed by atoms with Gasteiger partial charge in [0.15, 0.2) is 5.69 Å². The molecule has 0 radical (unpaired) electrons. The predicted molar refractivity (Wildman–Crippen MR) is 73.1 cm³/mol. The first-order valence-electron chi connectivity index (χ1n) is 6.75. The lowest BCUT2D eigenvalue weighted by atomic mass is 10.0. The molecule has 1 aromatic carbocycles. The fraction of sp³-hybridized carbons (Fsp3) is 0.267. The minimum atomic E-state index is -1.30. The maximum Gasteiger partial charge on any atom is 0.338 e. The SMILES string of the molecule is Cc1cc(C(=O)NC2CCc3cc(C(=O)O)c(F)cc32)no1. The maximum absolute atomic E-state index is 13.8. The van der Waals surface area contributed by atoms with Crippen LogP contribution in [0.2, 0.25) is 0 Å². The van der Waals surface area contributed by atoms with Crippen molar-refractivity contribution in [3.05, 3.63) is 52.2 Å². The minimum absolute atomic E-state index is 0.161. The molecule has 0 saturated carbocycles. The third-order valence-corrected chi connectivity index (χ3v) is 3.70. The van der Waals surface area contributed by atoms with Gasteiger partial charge in [-0.2, -0.15) is 0 Å². The highest BCUT2D eigenvalue weighted by atomic mass is 19.1. The van der Waals surface area contributed by atoms with E-state index in [0.717, 1.165) is 5.56 Å². The summed E-state index contributed by atoms with van der Waals surface area (Å²) in [6.45, 7) is 1.68. The molecule has 0 bridgehead atoms. The first-order valence-corrected chi connectivity index (χ1v) is 6.75. The van der Waals surface area contributed by atoms with Gasteiger partial charge >= 0.3 is 5.97 Å². The lowest BCUT2D eigenvalue weighted by molar-refractivity contribution is 0.0691. The number of carbonyl (C=O) groups excluding carboxylic acids is 1. The zero-order chi connectivity index (χ0) is 15.9. The Balaban J connectivity index is 1.84. The van der Waals surface area contributed by atoms with Gasteiger partial charge in [-0.05, 0) is 43.0 Å². The first kappa shape index (κ1) is 14.2. The second kappa shape index (κ2) is 5.25. The molecule has 1 atom stereocenters. The summed E-state index contributed by atoms with van der Waals surface area (Å²) in [4.78, 5) is 23.0. The third-order valence-electron chi connectivity index (χ3n) is 3.70. The topological polar surface area (TPSA) is 92.4 Å². The molecule has 1 aliphatic carbocycles. The van der Waals surface area contributed by atoms with Gasteiger partial charge in [-0.25, -0.2) is 9.18 Å². The van der Waals surface area contributed by atoms with Crippen LogP contribution in [0.1, 0.15) is 50.2 Å². The number of hydrogen-bond acceptors (Lipinski definition) is 4. The van der Waals surface area contributed by atoms with Crippen molar-refractivity contribution in [3.63, 3.8) is 0 Å². The first-order chi connectivity index (χ1) is 10.5. The van der Waals surface area contributed by atoms with Gasteiger partial charge in [-0.15, -0.1) is 0 Å². The highest BCUT2D eigenvalue weighted by Crippen LogP contribution is 2.33. The van der Waals surface area contributed by atoms with Gasteiger partial charge in [0.25, 0.3) is 5.91 Å². The predicted octanol–water partition coefficient (Wildman–Crippen LogP) is 2.24. The normalized spacial score (nSPS) is 16.4. The molecule has 7 heteroatoms. The standard InChI is InChI=1S/C15H13FN2O4/c1-7-4-13(18-22-7)14(19)17-12-3-2-8-5-10(15(20)21)11(16)6-9(8)12/h4-6,12H,2-3H2,1H3,(H,17,19)(H,20,21). The molecular weight excluding hydrogens is 291 g/mol. The average Bonchev–Trinajstić information content (AvgIpc) is 3.05. The molecule has 0 aliphatic heterocycles. The van der Waals surface area contributed by atoms with Crippen molar-refractivity contribution in [2.24, 2.45) is 0 Å². The molecule has 114 valence electrons. The molecule has 0 fully saturated rings. The average molecular weight is 304 g/mol. The number of aromatic nitrogens is 1. The Labute approximate surface area is 124 Å². The van der Waals surface area contributed by atoms with Gasteiger partial charge in [-0.3, -0.25) is 4.79 Å². The summed E-state index contributed by atoms with van der Waals surface area (Å²) in [5.41, 5.74) is 1.16. The summed E-state index contributed by atoms with van der Waals surface area (Å²) in [7, 11) is 0. The number of aryl methyl sites for hydroxylation is 2. The summed E-state index contributed by atoms with van der Waals surface area (Å²) in [6.07, 6.45) is 1.17. The Morgan fingerprint density at radius 1 is 1.41 bits per heavy atom. The van der Waals surface area contributed by atoms with E-state index in [4.69, 9.17) is 9.63 Å². The molecule has 3 rings (SSSR count). The van der Waals surface area contributed by atoms with Gasteiger partial charge in [0, 0.05) is 6.07 Å². The number of aromatic carboxylic acids is 1. The molecule has 0 spiro atoms. The van der Waals surface area contributed by atoms with E-state index < -0.39 is 17.7 Å². The van der Waals surface area contributed by atoms with Gasteiger partial charge in [-0.1, -0.05) is 5.16 Å². The lowest BCUT2D eigenvalue weighted by Gasteiger charge is -2.13. The molecule has 22 heavy (non-hydrogen) atoms. The highest BCUT2D eigenvalue weighted by molar-refractivity contribution is 5.92. The molecule has 1 aromatic heterocycles. The molecule has 1 amide bonds. The van der Waals surface area contributed by atoms with E-state index in [-0.39, 0.29) is 17.3 Å². The smallest absolute Gasteiger partial charge is 0.338 e. The molecular formula is C15H13FN2O4. The van der Waals surface area contributed by atoms with Gasteiger partial charge in [0.05, 0.1) is 11.6 Å². The second-order valence-electron chi connectivity index (χ2n) is 5.22. The van der Waals surface area contributed by atoms with Crippen LogP contribution < -0.4 is 5.32 Å². The van der Waals surface area contributed by atoms with E-state index in [0.29, 0.717) is 24.2 Å². The largest absolute Gasteiger partial charge is 0.478 e. The van der Waals surface area contributed by atoms with Crippen LogP contribution >= 0.6 is 0 Å². The number of carbonyl (C=O) groups is 2. The Bertz CT molecular complexity index is 769. The van der Waals surface area contributed by atoms with Crippen molar-refractivity contribution in [2.75, 3.05) is 0 Å². The van der Waals surface area contributed by atoms with E-state index in [1.807, 2.05) is 0 Å². The summed E-state index contributed by atoms with van der Waals surface area (Å²) < 4.78 is 18.7. The number of carboxylic acids is 1. The number of halogens is 1. The van der Waals surface area contributed by atoms with Gasteiger partial charge < -0.3 is 14.9 Å². The summed E-state index contributed by atoms with van der Waals surface area (Å²) in [6, 6.07) is 3.67. The monoisotopic (exact) mass is 304 g/mol. The summed E-state index contributed by atoms with van der Waals surface area (Å²) >= 11 is 0. The van der Waals surface area contributed by atoms with Crippen LogP contribution in [-0.2, 0) is 6.42 Å². The fourth-order valence-electron chi connectivity index (χ4n) is 2.65. The Morgan fingerprint density at radius 2 is 2.18 bits per heavy atom. The van der Waals surface area contributed by atoms with Crippen LogP contribution in [0, 0.1) is 12.7 Å². The van der Waals surface area contributed by atoms with Crippen molar-refractivity contribution in [2.45, 2.75) is 25.8 Å². The Hall–Kier alpha value is -2.70. The zero-order valence-electron chi connectivity index (χ0n) is 11.7. The van der Waals surface area contributed by atoms with Crippen molar-refractivity contribution >= 4 is 11.9 Å². The quantitative estimate of drug-likeness (QED) is 0.907. The van der Waals surface area contributed by atoms with Crippen LogP contribution in [0.3, 0.4) is 0 Å². The maximum atomic E-state index is 13.8. The number of nitrogens with one attached hydrogen (secondary N) is 1. The van der Waals surface area contributed by atoms with Crippen molar-refractivity contribution < 1.29 is 23.6 Å². The van der Waals surface area contributed by atoms with Crippen molar-refractivity contribution in [1.29, 1.82) is 0 Å². The van der Waals surface area contributed by atoms with E-state index in [1.165, 1.54) is 18.2 Å². The van der Waals surface area contributed by atoms with E-state index >= 15 is 0 Å². The summed E-state index contributed by atoms with van der Waals surface area (Å²) in [5, 5.41) is 15.3. The van der Waals surface area contributed by atoms with Crippen LogP contribution in [-0.4, -0.2) is 22.1 Å². The fourth-order valence-corrected chi connectivity index (χ4v) is 2.65. The number of nitrogens with zero attached hydrogens (tertiary/aromatic N) is 1. The molecule has 1 heterocycles. The van der Waals surface area contributed by atoms with E-state index in [1.54, 1.807) is 6.92 Å². The van der Waals surface area contributed by atoms with E-state index in [2.05, 4.69) is 10.5 Å². The van der Waals surface area contributed by atoms with Crippen LogP contribution in [0.25, 0.3) is 0 Å². The third kappa shape index (κ3) is 2.45. The number of fused-ring (bicyclic) bond motifs is 1. The van der Waals surface area contributed by atoms with Gasteiger partial charge in [0.2, 0.25) is 0 Å².